The average Bonchev–Trinajstić information content (AvgIpc) is 3.15. The summed E-state index contributed by atoms with van der Waals surface area (Å²) in [5.41, 5.74) is 0. The summed E-state index contributed by atoms with van der Waals surface area (Å²) in [4.78, 5) is 10.1. The summed E-state index contributed by atoms with van der Waals surface area (Å²) >= 11 is 1.79. The number of rotatable bonds is 8. The molecule has 0 aliphatic rings. The summed E-state index contributed by atoms with van der Waals surface area (Å²) in [5.74, 6) is 2.23. The molecule has 0 aliphatic heterocycles. The number of hydrogen-bond donors (Lipinski definition) is 2. The molecular weight excluding hydrogens is 425 g/mol. The van der Waals surface area contributed by atoms with Gasteiger partial charge in [0.15, 0.2) is 11.8 Å². The van der Waals surface area contributed by atoms with Crippen molar-refractivity contribution in [2.24, 2.45) is 4.99 Å². The van der Waals surface area contributed by atoms with Gasteiger partial charge in [-0.1, -0.05) is 11.2 Å². The van der Waals surface area contributed by atoms with Crippen molar-refractivity contribution in [2.45, 2.75) is 33.1 Å². The highest BCUT2D eigenvalue weighted by atomic mass is 127. The van der Waals surface area contributed by atoms with E-state index in [4.69, 9.17) is 4.52 Å². The number of hydrogen-bond acceptors (Lipinski definition) is 5. The van der Waals surface area contributed by atoms with E-state index in [-0.39, 0.29) is 24.0 Å². The van der Waals surface area contributed by atoms with Crippen LogP contribution >= 0.6 is 35.3 Å². The largest absolute Gasteiger partial charge is 0.357 e. The van der Waals surface area contributed by atoms with Crippen LogP contribution in [0.1, 0.15) is 29.9 Å². The second-order valence-electron chi connectivity index (χ2n) is 4.86. The molecule has 0 radical (unpaired) electrons. The molecule has 0 amide bonds. The minimum atomic E-state index is 0. The molecule has 0 bridgehead atoms. The van der Waals surface area contributed by atoms with Gasteiger partial charge in [-0.05, 0) is 38.1 Å². The number of aliphatic imine (C=N–C) groups is 1. The van der Waals surface area contributed by atoms with E-state index >= 15 is 0 Å². The average molecular weight is 449 g/mol. The van der Waals surface area contributed by atoms with E-state index in [1.807, 2.05) is 6.92 Å². The third-order valence-electron chi connectivity index (χ3n) is 2.98. The van der Waals surface area contributed by atoms with Crippen LogP contribution in [-0.2, 0) is 12.8 Å². The van der Waals surface area contributed by atoms with Gasteiger partial charge >= 0.3 is 0 Å². The quantitative estimate of drug-likeness (QED) is 0.281. The molecule has 6 nitrogen and oxygen atoms in total. The van der Waals surface area contributed by atoms with Gasteiger partial charge in [0.2, 0.25) is 5.89 Å². The highest BCUT2D eigenvalue weighted by Crippen LogP contribution is 2.08. The Labute approximate surface area is 158 Å². The lowest BCUT2D eigenvalue weighted by atomic mass is 10.3. The molecule has 0 aliphatic carbocycles. The predicted octanol–water partition coefficient (Wildman–Crippen LogP) is 2.79. The summed E-state index contributed by atoms with van der Waals surface area (Å²) in [6, 6.07) is 4.24. The van der Waals surface area contributed by atoms with Crippen LogP contribution in [0.3, 0.4) is 0 Å². The van der Waals surface area contributed by atoms with Crippen molar-refractivity contribution in [2.75, 3.05) is 19.6 Å². The molecule has 8 heteroatoms. The van der Waals surface area contributed by atoms with E-state index in [0.717, 1.165) is 44.9 Å². The van der Waals surface area contributed by atoms with E-state index in [0.29, 0.717) is 11.7 Å². The van der Waals surface area contributed by atoms with Crippen molar-refractivity contribution >= 4 is 41.3 Å². The first-order valence-electron chi connectivity index (χ1n) is 7.61. The van der Waals surface area contributed by atoms with Gasteiger partial charge in [0.05, 0.1) is 0 Å². The molecule has 0 spiro atoms. The molecule has 128 valence electrons. The minimum Gasteiger partial charge on any atom is -0.357 e. The number of nitrogens with one attached hydrogen (secondary N) is 2. The highest BCUT2D eigenvalue weighted by molar-refractivity contribution is 14.0. The normalized spacial score (nSPS) is 11.1. The summed E-state index contributed by atoms with van der Waals surface area (Å²) in [5, 5.41) is 12.5. The van der Waals surface area contributed by atoms with Crippen molar-refractivity contribution in [1.82, 2.24) is 20.8 Å². The number of aromatic nitrogens is 2. The highest BCUT2D eigenvalue weighted by Gasteiger charge is 2.02. The molecule has 0 saturated heterocycles. The minimum absolute atomic E-state index is 0. The third kappa shape index (κ3) is 7.78. The van der Waals surface area contributed by atoms with Crippen LogP contribution in [0.15, 0.2) is 27.0 Å². The Kier molecular flexibility index (Phi) is 9.85. The zero-order valence-electron chi connectivity index (χ0n) is 13.5. The Balaban J connectivity index is 0.00000264. The Hall–Kier alpha value is -1.16. The molecule has 2 N–H and O–H groups in total. The number of thiophene rings is 1. The van der Waals surface area contributed by atoms with Gasteiger partial charge < -0.3 is 15.2 Å². The molecule has 0 fully saturated rings. The molecular formula is C15H24IN5OS. The summed E-state index contributed by atoms with van der Waals surface area (Å²) < 4.78 is 5.09. The molecule has 2 aromatic rings. The fourth-order valence-corrected chi connectivity index (χ4v) is 2.67. The lowest BCUT2D eigenvalue weighted by molar-refractivity contribution is 0.372. The van der Waals surface area contributed by atoms with Gasteiger partial charge in [0, 0.05) is 30.9 Å². The predicted molar refractivity (Wildman–Crippen MR) is 105 cm³/mol. The van der Waals surface area contributed by atoms with Gasteiger partial charge in [-0.15, -0.1) is 35.3 Å². The Bertz CT molecular complexity index is 570. The molecule has 2 aromatic heterocycles. The van der Waals surface area contributed by atoms with Gasteiger partial charge in [-0.25, -0.2) is 0 Å². The number of guanidine groups is 1. The number of nitrogens with zero attached hydrogens (tertiary/aromatic N) is 3. The summed E-state index contributed by atoms with van der Waals surface area (Å²) in [6.07, 6.45) is 2.67. The van der Waals surface area contributed by atoms with Crippen molar-refractivity contribution in [1.29, 1.82) is 0 Å². The maximum atomic E-state index is 5.09. The smallest absolute Gasteiger partial charge is 0.226 e. The van der Waals surface area contributed by atoms with Crippen LogP contribution < -0.4 is 10.6 Å². The first-order chi connectivity index (χ1) is 10.8. The van der Waals surface area contributed by atoms with Crippen molar-refractivity contribution in [3.8, 4) is 0 Å². The number of halogens is 1. The van der Waals surface area contributed by atoms with Crippen LogP contribution in [0.2, 0.25) is 0 Å². The molecule has 0 saturated carbocycles. The lowest BCUT2D eigenvalue weighted by Gasteiger charge is -2.10. The monoisotopic (exact) mass is 449 g/mol. The van der Waals surface area contributed by atoms with E-state index in [1.54, 1.807) is 11.3 Å². The van der Waals surface area contributed by atoms with Crippen LogP contribution in [0, 0.1) is 6.92 Å². The van der Waals surface area contributed by atoms with Crippen LogP contribution in [-0.4, -0.2) is 35.7 Å². The fourth-order valence-electron chi connectivity index (χ4n) is 1.96. The van der Waals surface area contributed by atoms with Gasteiger partial charge in [0.25, 0.3) is 0 Å². The molecule has 0 unspecified atom stereocenters. The zero-order chi connectivity index (χ0) is 15.6. The van der Waals surface area contributed by atoms with Gasteiger partial charge in [0.1, 0.15) is 0 Å². The third-order valence-corrected chi connectivity index (χ3v) is 3.91. The van der Waals surface area contributed by atoms with Gasteiger partial charge in [-0.3, -0.25) is 4.99 Å². The van der Waals surface area contributed by atoms with E-state index in [1.165, 1.54) is 4.88 Å². The summed E-state index contributed by atoms with van der Waals surface area (Å²) in [6.45, 7) is 6.36. The van der Waals surface area contributed by atoms with Crippen molar-refractivity contribution in [3.63, 3.8) is 0 Å². The summed E-state index contributed by atoms with van der Waals surface area (Å²) in [7, 11) is 0. The first-order valence-corrected chi connectivity index (χ1v) is 8.49. The maximum absolute atomic E-state index is 5.09. The number of aryl methyl sites for hydroxylation is 2. The van der Waals surface area contributed by atoms with Crippen molar-refractivity contribution in [3.05, 3.63) is 34.1 Å². The zero-order valence-corrected chi connectivity index (χ0v) is 16.7. The maximum Gasteiger partial charge on any atom is 0.226 e. The van der Waals surface area contributed by atoms with Gasteiger partial charge in [-0.2, -0.15) is 4.98 Å². The SMILES string of the molecule is CCNC(=NCCCc1nc(C)no1)NCCc1cccs1.I. The first kappa shape index (κ1) is 19.9. The Morgan fingerprint density at radius 2 is 2.22 bits per heavy atom. The lowest BCUT2D eigenvalue weighted by Crippen LogP contribution is -2.38. The van der Waals surface area contributed by atoms with Crippen LogP contribution in [0.5, 0.6) is 0 Å². The molecule has 0 atom stereocenters. The molecule has 2 heterocycles. The van der Waals surface area contributed by atoms with E-state index in [2.05, 4.69) is 50.2 Å². The fraction of sp³-hybridized carbons (Fsp3) is 0.533. The van der Waals surface area contributed by atoms with Crippen molar-refractivity contribution < 1.29 is 4.52 Å². The second kappa shape index (κ2) is 11.4. The standard InChI is InChI=1S/C15H23N5OS.HI/c1-3-16-15(18-10-8-13-6-5-11-22-13)17-9-4-7-14-19-12(2)20-21-14;/h5-6,11H,3-4,7-10H2,1-2H3,(H2,16,17,18);1H. The second-order valence-corrected chi connectivity index (χ2v) is 5.89. The van der Waals surface area contributed by atoms with E-state index in [9.17, 15) is 0 Å². The van der Waals surface area contributed by atoms with Crippen LogP contribution in [0.25, 0.3) is 0 Å². The molecule has 23 heavy (non-hydrogen) atoms. The van der Waals surface area contributed by atoms with Crippen LogP contribution in [0.4, 0.5) is 0 Å². The molecule has 2 rings (SSSR count). The molecule has 0 aromatic carbocycles. The topological polar surface area (TPSA) is 75.3 Å². The Morgan fingerprint density at radius 1 is 1.35 bits per heavy atom. The Morgan fingerprint density at radius 3 is 2.87 bits per heavy atom. The van der Waals surface area contributed by atoms with E-state index < -0.39 is 0 Å².